The van der Waals surface area contributed by atoms with Gasteiger partial charge in [0.15, 0.2) is 0 Å². The molecule has 1 atom stereocenters. The van der Waals surface area contributed by atoms with Crippen molar-refractivity contribution >= 4 is 28.2 Å². The van der Waals surface area contributed by atoms with E-state index in [1.165, 1.54) is 0 Å². The second-order valence-electron chi connectivity index (χ2n) is 4.81. The minimum absolute atomic E-state index is 0.0177. The molecule has 0 amide bonds. The van der Waals surface area contributed by atoms with E-state index in [2.05, 4.69) is 10.3 Å². The molecule has 0 radical (unpaired) electrons. The SMILES string of the molecule is OCC(Nc1cc2ccccc2c(Cl)n1)c1ccccc1. The van der Waals surface area contributed by atoms with Crippen molar-refractivity contribution in [2.75, 3.05) is 11.9 Å². The molecule has 0 saturated heterocycles. The highest BCUT2D eigenvalue weighted by molar-refractivity contribution is 6.34. The van der Waals surface area contributed by atoms with Crippen LogP contribution in [-0.2, 0) is 0 Å². The van der Waals surface area contributed by atoms with E-state index >= 15 is 0 Å². The molecule has 0 aliphatic carbocycles. The third-order valence-electron chi connectivity index (χ3n) is 3.40. The molecule has 0 aliphatic rings. The van der Waals surface area contributed by atoms with Crippen LogP contribution in [0.3, 0.4) is 0 Å². The van der Waals surface area contributed by atoms with Crippen LogP contribution < -0.4 is 5.32 Å². The van der Waals surface area contributed by atoms with Gasteiger partial charge in [-0.05, 0) is 17.0 Å². The Bertz CT molecular complexity index is 746. The molecule has 0 spiro atoms. The van der Waals surface area contributed by atoms with Crippen LogP contribution in [0.1, 0.15) is 11.6 Å². The zero-order valence-electron chi connectivity index (χ0n) is 11.3. The number of aliphatic hydroxyl groups excluding tert-OH is 1. The fourth-order valence-electron chi connectivity index (χ4n) is 2.33. The van der Waals surface area contributed by atoms with Gasteiger partial charge in [0.05, 0.1) is 12.6 Å². The van der Waals surface area contributed by atoms with Crippen molar-refractivity contribution in [3.63, 3.8) is 0 Å². The summed E-state index contributed by atoms with van der Waals surface area (Å²) in [7, 11) is 0. The van der Waals surface area contributed by atoms with Gasteiger partial charge in [-0.3, -0.25) is 0 Å². The molecule has 0 aliphatic heterocycles. The molecule has 2 aromatic carbocycles. The first kappa shape index (κ1) is 13.9. The number of benzene rings is 2. The van der Waals surface area contributed by atoms with Crippen molar-refractivity contribution in [2.45, 2.75) is 6.04 Å². The molecule has 3 rings (SSSR count). The molecule has 3 nitrogen and oxygen atoms in total. The van der Waals surface area contributed by atoms with Crippen molar-refractivity contribution in [3.8, 4) is 0 Å². The third kappa shape index (κ3) is 2.99. The van der Waals surface area contributed by atoms with Crippen LogP contribution in [0, 0.1) is 0 Å². The Hall–Kier alpha value is -2.10. The minimum atomic E-state index is -0.212. The molecular formula is C17H15ClN2O. The molecule has 0 bridgehead atoms. The monoisotopic (exact) mass is 298 g/mol. The topological polar surface area (TPSA) is 45.1 Å². The number of pyridine rings is 1. The molecule has 1 unspecified atom stereocenters. The summed E-state index contributed by atoms with van der Waals surface area (Å²) in [5.74, 6) is 0.654. The molecular weight excluding hydrogens is 284 g/mol. The number of aliphatic hydroxyl groups is 1. The standard InChI is InChI=1S/C17H15ClN2O/c18-17-14-9-5-4-8-13(14)10-16(20-17)19-15(11-21)12-6-2-1-3-7-12/h1-10,15,21H,11H2,(H,19,20). The van der Waals surface area contributed by atoms with Crippen molar-refractivity contribution in [3.05, 3.63) is 71.4 Å². The van der Waals surface area contributed by atoms with Crippen LogP contribution in [0.5, 0.6) is 0 Å². The van der Waals surface area contributed by atoms with Gasteiger partial charge in [0, 0.05) is 5.39 Å². The predicted molar refractivity (Wildman–Crippen MR) is 86.6 cm³/mol. The second-order valence-corrected chi connectivity index (χ2v) is 5.17. The molecule has 1 aromatic heterocycles. The Labute approximate surface area is 128 Å². The maximum atomic E-state index is 9.60. The number of aromatic nitrogens is 1. The molecule has 106 valence electrons. The first-order valence-electron chi connectivity index (χ1n) is 6.75. The summed E-state index contributed by atoms with van der Waals surface area (Å²) in [6.45, 7) is -0.0177. The van der Waals surface area contributed by atoms with E-state index in [4.69, 9.17) is 11.6 Å². The summed E-state index contributed by atoms with van der Waals surface area (Å²) in [6, 6.07) is 19.3. The molecule has 2 N–H and O–H groups in total. The first-order chi connectivity index (χ1) is 10.3. The minimum Gasteiger partial charge on any atom is -0.394 e. The van der Waals surface area contributed by atoms with E-state index in [0.717, 1.165) is 16.3 Å². The quantitative estimate of drug-likeness (QED) is 0.715. The van der Waals surface area contributed by atoms with Gasteiger partial charge in [-0.1, -0.05) is 66.2 Å². The Morgan fingerprint density at radius 1 is 1.05 bits per heavy atom. The van der Waals surface area contributed by atoms with Crippen LogP contribution in [0.15, 0.2) is 60.7 Å². The number of rotatable bonds is 4. The van der Waals surface area contributed by atoms with Gasteiger partial charge < -0.3 is 10.4 Å². The van der Waals surface area contributed by atoms with Gasteiger partial charge in [-0.2, -0.15) is 0 Å². The average molecular weight is 299 g/mol. The normalized spacial score (nSPS) is 12.3. The summed E-state index contributed by atoms with van der Waals surface area (Å²) in [6.07, 6.45) is 0. The molecule has 0 fully saturated rings. The lowest BCUT2D eigenvalue weighted by atomic mass is 10.1. The highest BCUT2D eigenvalue weighted by atomic mass is 35.5. The van der Waals surface area contributed by atoms with Crippen molar-refractivity contribution in [1.29, 1.82) is 0 Å². The molecule has 21 heavy (non-hydrogen) atoms. The van der Waals surface area contributed by atoms with Gasteiger partial charge >= 0.3 is 0 Å². The maximum absolute atomic E-state index is 9.60. The largest absolute Gasteiger partial charge is 0.394 e. The summed E-state index contributed by atoms with van der Waals surface area (Å²) in [4.78, 5) is 4.36. The Morgan fingerprint density at radius 2 is 1.76 bits per heavy atom. The second kappa shape index (κ2) is 6.12. The number of anilines is 1. The van der Waals surface area contributed by atoms with E-state index in [-0.39, 0.29) is 12.6 Å². The van der Waals surface area contributed by atoms with Gasteiger partial charge in [0.1, 0.15) is 11.0 Å². The lowest BCUT2D eigenvalue weighted by molar-refractivity contribution is 0.276. The van der Waals surface area contributed by atoms with Crippen LogP contribution in [-0.4, -0.2) is 16.7 Å². The van der Waals surface area contributed by atoms with Crippen molar-refractivity contribution in [1.82, 2.24) is 4.98 Å². The van der Waals surface area contributed by atoms with E-state index in [1.807, 2.05) is 60.7 Å². The van der Waals surface area contributed by atoms with Crippen LogP contribution in [0.4, 0.5) is 5.82 Å². The van der Waals surface area contributed by atoms with Gasteiger partial charge in [-0.25, -0.2) is 4.98 Å². The van der Waals surface area contributed by atoms with E-state index in [0.29, 0.717) is 11.0 Å². The number of hydrogen-bond donors (Lipinski definition) is 2. The molecule has 0 saturated carbocycles. The average Bonchev–Trinajstić information content (AvgIpc) is 2.53. The summed E-state index contributed by atoms with van der Waals surface area (Å²) in [5, 5.41) is 15.2. The summed E-state index contributed by atoms with van der Waals surface area (Å²) >= 11 is 6.22. The van der Waals surface area contributed by atoms with Gasteiger partial charge in [0.2, 0.25) is 0 Å². The maximum Gasteiger partial charge on any atom is 0.139 e. The number of fused-ring (bicyclic) bond motifs is 1. The van der Waals surface area contributed by atoms with Crippen LogP contribution in [0.25, 0.3) is 10.8 Å². The molecule has 3 aromatic rings. The Kier molecular flexibility index (Phi) is 4.04. The summed E-state index contributed by atoms with van der Waals surface area (Å²) in [5.41, 5.74) is 1.01. The van der Waals surface area contributed by atoms with Crippen LogP contribution >= 0.6 is 11.6 Å². The van der Waals surface area contributed by atoms with Crippen molar-refractivity contribution < 1.29 is 5.11 Å². The number of nitrogens with one attached hydrogen (secondary N) is 1. The van der Waals surface area contributed by atoms with E-state index < -0.39 is 0 Å². The number of halogens is 1. The lowest BCUT2D eigenvalue weighted by Crippen LogP contribution is -2.15. The highest BCUT2D eigenvalue weighted by Crippen LogP contribution is 2.26. The van der Waals surface area contributed by atoms with Crippen LogP contribution in [0.2, 0.25) is 5.15 Å². The van der Waals surface area contributed by atoms with Crippen molar-refractivity contribution in [2.24, 2.45) is 0 Å². The smallest absolute Gasteiger partial charge is 0.139 e. The lowest BCUT2D eigenvalue weighted by Gasteiger charge is -2.18. The number of hydrogen-bond acceptors (Lipinski definition) is 3. The zero-order valence-corrected chi connectivity index (χ0v) is 12.1. The Morgan fingerprint density at radius 3 is 2.52 bits per heavy atom. The fourth-order valence-corrected chi connectivity index (χ4v) is 2.59. The summed E-state index contributed by atoms with van der Waals surface area (Å²) < 4.78 is 0. The molecule has 1 heterocycles. The zero-order chi connectivity index (χ0) is 14.7. The Balaban J connectivity index is 1.93. The fraction of sp³-hybridized carbons (Fsp3) is 0.118. The van der Waals surface area contributed by atoms with Gasteiger partial charge in [0.25, 0.3) is 0 Å². The predicted octanol–water partition coefficient (Wildman–Crippen LogP) is 4.03. The van der Waals surface area contributed by atoms with Gasteiger partial charge in [-0.15, -0.1) is 0 Å². The highest BCUT2D eigenvalue weighted by Gasteiger charge is 2.11. The van der Waals surface area contributed by atoms with E-state index in [9.17, 15) is 5.11 Å². The number of nitrogens with zero attached hydrogens (tertiary/aromatic N) is 1. The third-order valence-corrected chi connectivity index (χ3v) is 3.69. The van der Waals surface area contributed by atoms with E-state index in [1.54, 1.807) is 0 Å². The first-order valence-corrected chi connectivity index (χ1v) is 7.13. The molecule has 4 heteroatoms.